The Morgan fingerprint density at radius 2 is 1.67 bits per heavy atom. The van der Waals surface area contributed by atoms with E-state index in [2.05, 4.69) is 5.32 Å². The van der Waals surface area contributed by atoms with Gasteiger partial charge in [-0.2, -0.15) is 0 Å². The number of anilines is 2. The number of primary amides is 1. The molecule has 9 nitrogen and oxygen atoms in total. The fourth-order valence-electron chi connectivity index (χ4n) is 2.26. The molecule has 24 heavy (non-hydrogen) atoms. The van der Waals surface area contributed by atoms with Gasteiger partial charge in [0.15, 0.2) is 5.69 Å². The first-order valence-corrected chi connectivity index (χ1v) is 6.96. The molecule has 0 radical (unpaired) electrons. The normalized spacial score (nSPS) is 10.2. The van der Waals surface area contributed by atoms with Crippen LogP contribution in [0.2, 0.25) is 0 Å². The number of carbonyl (C=O) groups excluding carboxylic acids is 1. The standard InChI is InChI=1S/C15H14N4O5/c1-2-9-5-3-4-6-11(9)17-14-12(18(21)22)7-10(15(16)20)8-13(14)19(23)24/h3-8,17H,2H2,1H3,(H2,16,20). The fraction of sp³-hybridized carbons (Fsp3) is 0.133. The van der Waals surface area contributed by atoms with Crippen LogP contribution >= 0.6 is 0 Å². The van der Waals surface area contributed by atoms with Gasteiger partial charge in [0, 0.05) is 17.8 Å². The smallest absolute Gasteiger partial charge is 0.300 e. The summed E-state index contributed by atoms with van der Waals surface area (Å²) >= 11 is 0. The number of nitrogens with one attached hydrogen (secondary N) is 1. The molecule has 0 saturated heterocycles. The third-order valence-corrected chi connectivity index (χ3v) is 3.43. The molecule has 0 heterocycles. The number of nitrogens with zero attached hydrogens (tertiary/aromatic N) is 2. The SMILES string of the molecule is CCc1ccccc1Nc1c([N+](=O)[O-])cc(C(N)=O)cc1[N+](=O)[O-]. The lowest BCUT2D eigenvalue weighted by Crippen LogP contribution is -2.13. The van der Waals surface area contributed by atoms with Crippen LogP contribution in [0.3, 0.4) is 0 Å². The van der Waals surface area contributed by atoms with E-state index in [0.717, 1.165) is 17.7 Å². The molecular formula is C15H14N4O5. The van der Waals surface area contributed by atoms with Crippen LogP contribution in [0.5, 0.6) is 0 Å². The Morgan fingerprint density at radius 3 is 2.12 bits per heavy atom. The highest BCUT2D eigenvalue weighted by molar-refractivity contribution is 5.97. The van der Waals surface area contributed by atoms with Gasteiger partial charge in [0.2, 0.25) is 5.91 Å². The Balaban J connectivity index is 2.69. The number of amides is 1. The van der Waals surface area contributed by atoms with Crippen molar-refractivity contribution in [3.8, 4) is 0 Å². The second-order valence-electron chi connectivity index (χ2n) is 4.90. The molecule has 3 N–H and O–H groups in total. The summed E-state index contributed by atoms with van der Waals surface area (Å²) in [6.07, 6.45) is 0.629. The molecule has 0 fully saturated rings. The maximum absolute atomic E-state index is 11.3. The molecule has 0 aromatic heterocycles. The van der Waals surface area contributed by atoms with E-state index in [0.29, 0.717) is 12.1 Å². The number of nitro groups is 2. The zero-order valence-electron chi connectivity index (χ0n) is 12.7. The molecule has 0 unspecified atom stereocenters. The Kier molecular flexibility index (Phi) is 4.73. The predicted octanol–water partition coefficient (Wildman–Crippen LogP) is 2.91. The molecule has 2 aromatic carbocycles. The first-order valence-electron chi connectivity index (χ1n) is 6.96. The van der Waals surface area contributed by atoms with Crippen molar-refractivity contribution < 1.29 is 14.6 Å². The van der Waals surface area contributed by atoms with Crippen molar-refractivity contribution in [1.82, 2.24) is 0 Å². The summed E-state index contributed by atoms with van der Waals surface area (Å²) in [5.74, 6) is -0.985. The monoisotopic (exact) mass is 330 g/mol. The van der Waals surface area contributed by atoms with Crippen LogP contribution in [0.15, 0.2) is 36.4 Å². The van der Waals surface area contributed by atoms with Crippen LogP contribution in [0.4, 0.5) is 22.7 Å². The number of hydrogen-bond acceptors (Lipinski definition) is 6. The van der Waals surface area contributed by atoms with Gasteiger partial charge < -0.3 is 11.1 Å². The molecule has 0 aliphatic heterocycles. The topological polar surface area (TPSA) is 141 Å². The molecule has 9 heteroatoms. The average Bonchev–Trinajstić information content (AvgIpc) is 2.54. The molecule has 0 bridgehead atoms. The van der Waals surface area contributed by atoms with Gasteiger partial charge in [-0.15, -0.1) is 0 Å². The van der Waals surface area contributed by atoms with Gasteiger partial charge in [-0.25, -0.2) is 0 Å². The molecular weight excluding hydrogens is 316 g/mol. The van der Waals surface area contributed by atoms with Gasteiger partial charge in [0.05, 0.1) is 15.4 Å². The maximum Gasteiger partial charge on any atom is 0.300 e. The highest BCUT2D eigenvalue weighted by Gasteiger charge is 2.28. The van der Waals surface area contributed by atoms with Gasteiger partial charge in [0.25, 0.3) is 0 Å². The number of rotatable bonds is 6. The van der Waals surface area contributed by atoms with E-state index in [1.54, 1.807) is 24.3 Å². The summed E-state index contributed by atoms with van der Waals surface area (Å²) in [5.41, 5.74) is 4.66. The van der Waals surface area contributed by atoms with E-state index in [1.807, 2.05) is 6.92 Å². The minimum absolute atomic E-state index is 0.295. The fourth-order valence-corrected chi connectivity index (χ4v) is 2.26. The summed E-state index contributed by atoms with van der Waals surface area (Å²) < 4.78 is 0. The van der Waals surface area contributed by atoms with E-state index >= 15 is 0 Å². The minimum Gasteiger partial charge on any atom is -0.366 e. The maximum atomic E-state index is 11.3. The Labute approximate surface area is 136 Å². The Bertz CT molecular complexity index is 799. The van der Waals surface area contributed by atoms with Crippen LogP contribution in [0.1, 0.15) is 22.8 Å². The predicted molar refractivity (Wildman–Crippen MR) is 87.4 cm³/mol. The lowest BCUT2D eigenvalue weighted by molar-refractivity contribution is -0.392. The summed E-state index contributed by atoms with van der Waals surface area (Å²) in [4.78, 5) is 32.3. The molecule has 2 aromatic rings. The first kappa shape index (κ1) is 16.9. The van der Waals surface area contributed by atoms with Gasteiger partial charge in [-0.3, -0.25) is 25.0 Å². The van der Waals surface area contributed by atoms with Crippen LogP contribution in [0, 0.1) is 20.2 Å². The average molecular weight is 330 g/mol. The van der Waals surface area contributed by atoms with Crippen molar-refractivity contribution in [2.24, 2.45) is 5.73 Å². The number of nitro benzene ring substituents is 2. The van der Waals surface area contributed by atoms with Gasteiger partial charge in [0.1, 0.15) is 0 Å². The van der Waals surface area contributed by atoms with E-state index in [-0.39, 0.29) is 11.3 Å². The van der Waals surface area contributed by atoms with Gasteiger partial charge >= 0.3 is 11.4 Å². The highest BCUT2D eigenvalue weighted by Crippen LogP contribution is 2.38. The van der Waals surface area contributed by atoms with Crippen molar-refractivity contribution in [3.05, 3.63) is 67.8 Å². The molecule has 0 saturated carbocycles. The third-order valence-electron chi connectivity index (χ3n) is 3.43. The summed E-state index contributed by atoms with van der Waals surface area (Å²) in [6.45, 7) is 1.89. The van der Waals surface area contributed by atoms with Crippen LogP contribution in [0.25, 0.3) is 0 Å². The highest BCUT2D eigenvalue weighted by atomic mass is 16.6. The number of aryl methyl sites for hydroxylation is 1. The second-order valence-corrected chi connectivity index (χ2v) is 4.90. The number of hydrogen-bond donors (Lipinski definition) is 2. The van der Waals surface area contributed by atoms with Crippen molar-refractivity contribution >= 4 is 28.7 Å². The summed E-state index contributed by atoms with van der Waals surface area (Å²) in [6, 6.07) is 8.81. The van der Waals surface area contributed by atoms with E-state index < -0.39 is 27.1 Å². The quantitative estimate of drug-likeness (QED) is 0.616. The van der Waals surface area contributed by atoms with E-state index in [9.17, 15) is 25.0 Å². The largest absolute Gasteiger partial charge is 0.366 e. The van der Waals surface area contributed by atoms with Crippen LogP contribution in [-0.4, -0.2) is 15.8 Å². The van der Waals surface area contributed by atoms with E-state index in [4.69, 9.17) is 5.73 Å². The molecule has 0 atom stereocenters. The lowest BCUT2D eigenvalue weighted by atomic mass is 10.1. The number of benzene rings is 2. The van der Waals surface area contributed by atoms with Crippen molar-refractivity contribution in [1.29, 1.82) is 0 Å². The number of para-hydroxylation sites is 1. The summed E-state index contributed by atoms with van der Waals surface area (Å²) in [5, 5.41) is 25.4. The molecule has 0 aliphatic rings. The third kappa shape index (κ3) is 3.29. The molecule has 124 valence electrons. The van der Waals surface area contributed by atoms with Crippen LogP contribution in [-0.2, 0) is 6.42 Å². The van der Waals surface area contributed by atoms with E-state index in [1.165, 1.54) is 0 Å². The van der Waals surface area contributed by atoms with Gasteiger partial charge in [-0.05, 0) is 18.1 Å². The lowest BCUT2D eigenvalue weighted by Gasteiger charge is -2.12. The summed E-state index contributed by atoms with van der Waals surface area (Å²) in [7, 11) is 0. The van der Waals surface area contributed by atoms with Crippen molar-refractivity contribution in [2.75, 3.05) is 5.32 Å². The number of nitrogens with two attached hydrogens (primary N) is 1. The zero-order valence-corrected chi connectivity index (χ0v) is 12.7. The molecule has 1 amide bonds. The van der Waals surface area contributed by atoms with Crippen molar-refractivity contribution in [2.45, 2.75) is 13.3 Å². The minimum atomic E-state index is -0.985. The van der Waals surface area contributed by atoms with Gasteiger partial charge in [-0.1, -0.05) is 25.1 Å². The van der Waals surface area contributed by atoms with Crippen molar-refractivity contribution in [3.63, 3.8) is 0 Å². The zero-order chi connectivity index (χ0) is 17.9. The Hall–Kier alpha value is -3.49. The Morgan fingerprint density at radius 1 is 1.12 bits per heavy atom. The molecule has 0 aliphatic carbocycles. The first-order chi connectivity index (χ1) is 11.3. The van der Waals surface area contributed by atoms with Crippen LogP contribution < -0.4 is 11.1 Å². The molecule has 2 rings (SSSR count). The second kappa shape index (κ2) is 6.73. The number of carbonyl (C=O) groups is 1. The molecule has 0 spiro atoms.